The lowest BCUT2D eigenvalue weighted by Crippen LogP contribution is -2.36. The molecule has 0 radical (unpaired) electrons. The van der Waals surface area contributed by atoms with Crippen LogP contribution < -0.4 is 0 Å². The number of nitro benzene ring substituents is 1. The van der Waals surface area contributed by atoms with Crippen molar-refractivity contribution in [1.82, 2.24) is 19.2 Å². The van der Waals surface area contributed by atoms with Gasteiger partial charge in [-0.2, -0.15) is 5.10 Å². The molecule has 0 spiro atoms. The summed E-state index contributed by atoms with van der Waals surface area (Å²) in [5, 5.41) is 15.8. The van der Waals surface area contributed by atoms with Gasteiger partial charge in [-0.1, -0.05) is 6.07 Å². The quantitative estimate of drug-likeness (QED) is 0.513. The number of hydrogen-bond donors (Lipinski definition) is 0. The van der Waals surface area contributed by atoms with Gasteiger partial charge in [0.1, 0.15) is 11.4 Å². The number of hydrogen-bond acceptors (Lipinski definition) is 4. The number of carbonyl (C=O) groups excluding carboxylic acids is 1. The third kappa shape index (κ3) is 3.28. The number of nitrogens with zero attached hydrogens (tertiary/aromatic N) is 5. The van der Waals surface area contributed by atoms with Crippen molar-refractivity contribution in [3.8, 4) is 17.1 Å². The van der Waals surface area contributed by atoms with Crippen molar-refractivity contribution in [1.29, 1.82) is 0 Å². The van der Waals surface area contributed by atoms with Crippen LogP contribution in [-0.2, 0) is 7.05 Å². The Morgan fingerprint density at radius 3 is 2.57 bits per heavy atom. The van der Waals surface area contributed by atoms with Crippen molar-refractivity contribution >= 4 is 11.6 Å². The van der Waals surface area contributed by atoms with Gasteiger partial charge in [-0.3, -0.25) is 14.9 Å². The molecule has 1 aliphatic rings. The fourth-order valence-electron chi connectivity index (χ4n) is 3.58. The number of amides is 1. The molecule has 3 aromatic rings. The molecule has 0 saturated carbocycles. The molecule has 8 nitrogen and oxygen atoms in total. The average molecular weight is 379 g/mol. The predicted octanol–water partition coefficient (Wildman–Crippen LogP) is 3.41. The molecule has 3 heterocycles. The predicted molar refractivity (Wildman–Crippen MR) is 104 cm³/mol. The van der Waals surface area contributed by atoms with Gasteiger partial charge in [0.25, 0.3) is 11.6 Å². The zero-order valence-corrected chi connectivity index (χ0v) is 15.6. The second-order valence-corrected chi connectivity index (χ2v) is 6.96. The Balaban J connectivity index is 1.82. The molecule has 1 saturated heterocycles. The van der Waals surface area contributed by atoms with Crippen LogP contribution in [0, 0.1) is 10.1 Å². The molecular formula is C20H21N5O3. The Kier molecular flexibility index (Phi) is 4.68. The van der Waals surface area contributed by atoms with Crippen LogP contribution in [0.4, 0.5) is 5.69 Å². The third-order valence-electron chi connectivity index (χ3n) is 5.06. The molecule has 0 aliphatic carbocycles. The third-order valence-corrected chi connectivity index (χ3v) is 5.06. The van der Waals surface area contributed by atoms with Crippen molar-refractivity contribution in [2.75, 3.05) is 13.1 Å². The zero-order chi connectivity index (χ0) is 19.7. The van der Waals surface area contributed by atoms with Crippen LogP contribution in [0.3, 0.4) is 0 Å². The van der Waals surface area contributed by atoms with Crippen LogP contribution in [0.2, 0.25) is 0 Å². The smallest absolute Gasteiger partial charge is 0.272 e. The molecule has 1 amide bonds. The van der Waals surface area contributed by atoms with E-state index in [1.165, 1.54) is 16.8 Å². The average Bonchev–Trinajstić information content (AvgIpc) is 3.34. The van der Waals surface area contributed by atoms with Crippen LogP contribution in [0.15, 0.2) is 48.7 Å². The largest absolute Gasteiger partial charge is 0.349 e. The normalized spacial score (nSPS) is 14.2. The second-order valence-electron chi connectivity index (χ2n) is 6.96. The molecule has 1 aromatic carbocycles. The van der Waals surface area contributed by atoms with Gasteiger partial charge >= 0.3 is 0 Å². The number of nitro groups is 1. The van der Waals surface area contributed by atoms with Crippen molar-refractivity contribution in [3.05, 3.63) is 64.5 Å². The Morgan fingerprint density at radius 1 is 1.11 bits per heavy atom. The number of likely N-dealkylation sites (tertiary alicyclic amines) is 1. The number of piperidine rings is 1. The van der Waals surface area contributed by atoms with E-state index in [0.29, 0.717) is 17.1 Å². The number of aryl methyl sites for hydroxylation is 1. The van der Waals surface area contributed by atoms with E-state index in [1.54, 1.807) is 18.2 Å². The van der Waals surface area contributed by atoms with E-state index >= 15 is 0 Å². The van der Waals surface area contributed by atoms with Crippen molar-refractivity contribution < 1.29 is 9.72 Å². The molecule has 1 fully saturated rings. The lowest BCUT2D eigenvalue weighted by molar-refractivity contribution is -0.384. The molecule has 0 atom stereocenters. The minimum Gasteiger partial charge on any atom is -0.349 e. The second kappa shape index (κ2) is 7.30. The first kappa shape index (κ1) is 18.0. The molecule has 0 bridgehead atoms. The Labute approximate surface area is 162 Å². The highest BCUT2D eigenvalue weighted by atomic mass is 16.6. The van der Waals surface area contributed by atoms with Gasteiger partial charge < -0.3 is 9.47 Å². The first-order valence-corrected chi connectivity index (χ1v) is 9.30. The fourth-order valence-corrected chi connectivity index (χ4v) is 3.58. The van der Waals surface area contributed by atoms with E-state index in [2.05, 4.69) is 5.10 Å². The Bertz CT molecular complexity index is 1030. The highest BCUT2D eigenvalue weighted by Crippen LogP contribution is 2.25. The Morgan fingerprint density at radius 2 is 1.89 bits per heavy atom. The molecule has 4 rings (SSSR count). The first-order valence-electron chi connectivity index (χ1n) is 9.30. The number of aromatic nitrogens is 3. The van der Waals surface area contributed by atoms with E-state index in [9.17, 15) is 14.9 Å². The summed E-state index contributed by atoms with van der Waals surface area (Å²) in [6.07, 6.45) is 5.01. The summed E-state index contributed by atoms with van der Waals surface area (Å²) >= 11 is 0. The molecule has 144 valence electrons. The standard InChI is InChI=1S/C20H21N5O3/c1-22-10-6-9-18(22)17-14-19(20(26)23-11-3-2-4-12-23)24(21-17)15-7-5-8-16(13-15)25(27)28/h5-10,13-14H,2-4,11-12H2,1H3. The van der Waals surface area contributed by atoms with Gasteiger partial charge in [-0.05, 0) is 43.5 Å². The topological polar surface area (TPSA) is 86.2 Å². The summed E-state index contributed by atoms with van der Waals surface area (Å²) in [7, 11) is 1.91. The number of carbonyl (C=O) groups is 1. The van der Waals surface area contributed by atoms with Crippen LogP contribution in [0.1, 0.15) is 29.8 Å². The van der Waals surface area contributed by atoms with Gasteiger partial charge in [-0.25, -0.2) is 4.68 Å². The van der Waals surface area contributed by atoms with E-state index in [1.807, 2.05) is 34.8 Å². The zero-order valence-electron chi connectivity index (χ0n) is 15.6. The van der Waals surface area contributed by atoms with E-state index < -0.39 is 4.92 Å². The van der Waals surface area contributed by atoms with E-state index in [4.69, 9.17) is 0 Å². The maximum absolute atomic E-state index is 13.2. The number of benzene rings is 1. The molecule has 2 aromatic heterocycles. The maximum atomic E-state index is 13.2. The number of non-ortho nitro benzene ring substituents is 1. The summed E-state index contributed by atoms with van der Waals surface area (Å²) in [5.74, 6) is -0.0980. The van der Waals surface area contributed by atoms with Crippen molar-refractivity contribution in [2.24, 2.45) is 7.05 Å². The minimum absolute atomic E-state index is 0.0372. The lowest BCUT2D eigenvalue weighted by Gasteiger charge is -2.26. The van der Waals surface area contributed by atoms with Crippen LogP contribution in [0.5, 0.6) is 0 Å². The molecule has 1 aliphatic heterocycles. The molecule has 28 heavy (non-hydrogen) atoms. The maximum Gasteiger partial charge on any atom is 0.272 e. The fraction of sp³-hybridized carbons (Fsp3) is 0.300. The summed E-state index contributed by atoms with van der Waals surface area (Å²) in [5.41, 5.74) is 2.40. The summed E-state index contributed by atoms with van der Waals surface area (Å²) < 4.78 is 3.45. The first-order chi connectivity index (χ1) is 13.5. The van der Waals surface area contributed by atoms with E-state index in [-0.39, 0.29) is 11.6 Å². The number of rotatable bonds is 4. The lowest BCUT2D eigenvalue weighted by atomic mass is 10.1. The van der Waals surface area contributed by atoms with Crippen molar-refractivity contribution in [3.63, 3.8) is 0 Å². The Hall–Kier alpha value is -3.42. The van der Waals surface area contributed by atoms with E-state index in [0.717, 1.165) is 38.0 Å². The SMILES string of the molecule is Cn1cccc1-c1cc(C(=O)N2CCCCC2)n(-c2cccc([N+](=O)[O-])c2)n1. The van der Waals surface area contributed by atoms with Gasteiger partial charge in [0.05, 0.1) is 16.3 Å². The molecule has 0 unspecified atom stereocenters. The van der Waals surface area contributed by atoms with Crippen molar-refractivity contribution in [2.45, 2.75) is 19.3 Å². The summed E-state index contributed by atoms with van der Waals surface area (Å²) in [6, 6.07) is 11.8. The summed E-state index contributed by atoms with van der Waals surface area (Å²) in [6.45, 7) is 1.44. The van der Waals surface area contributed by atoms with Crippen LogP contribution >= 0.6 is 0 Å². The monoisotopic (exact) mass is 379 g/mol. The minimum atomic E-state index is -0.447. The molecule has 0 N–H and O–H groups in total. The van der Waals surface area contributed by atoms with Crippen LogP contribution in [-0.4, -0.2) is 43.2 Å². The van der Waals surface area contributed by atoms with Gasteiger partial charge in [0.15, 0.2) is 0 Å². The molecule has 8 heteroatoms. The highest BCUT2D eigenvalue weighted by molar-refractivity contribution is 5.94. The molecular weight excluding hydrogens is 358 g/mol. The van der Waals surface area contributed by atoms with Gasteiger partial charge in [0.2, 0.25) is 0 Å². The van der Waals surface area contributed by atoms with Gasteiger partial charge in [0, 0.05) is 38.5 Å². The van der Waals surface area contributed by atoms with Crippen LogP contribution in [0.25, 0.3) is 17.1 Å². The summed E-state index contributed by atoms with van der Waals surface area (Å²) in [4.78, 5) is 25.8. The van der Waals surface area contributed by atoms with Gasteiger partial charge in [-0.15, -0.1) is 0 Å². The highest BCUT2D eigenvalue weighted by Gasteiger charge is 2.25.